The number of esters is 1. The molecular weight excluding hydrogens is 284 g/mol. The monoisotopic (exact) mass is 296 g/mol. The van der Waals surface area contributed by atoms with E-state index in [9.17, 15) is 14.7 Å². The Bertz CT molecular complexity index is 861. The van der Waals surface area contributed by atoms with E-state index < -0.39 is 11.9 Å². The molecular formula is C17H12O5. The van der Waals surface area contributed by atoms with Crippen molar-refractivity contribution in [2.24, 2.45) is 0 Å². The summed E-state index contributed by atoms with van der Waals surface area (Å²) in [6.07, 6.45) is 1.44. The van der Waals surface area contributed by atoms with Crippen molar-refractivity contribution in [2.45, 2.75) is 6.92 Å². The first-order chi connectivity index (χ1) is 10.6. The number of fused-ring (bicyclic) bond motifs is 1. The number of hydrogen-bond donors (Lipinski definition) is 1. The van der Waals surface area contributed by atoms with E-state index in [2.05, 4.69) is 0 Å². The quantitative estimate of drug-likeness (QED) is 0.588. The number of rotatable bonds is 3. The van der Waals surface area contributed by atoms with Crippen LogP contribution in [-0.2, 0) is 4.79 Å². The minimum absolute atomic E-state index is 0.0184. The van der Waals surface area contributed by atoms with Crippen LogP contribution in [0.4, 0.5) is 0 Å². The van der Waals surface area contributed by atoms with Crippen molar-refractivity contribution >= 4 is 22.9 Å². The molecule has 3 aromatic rings. The van der Waals surface area contributed by atoms with Crippen molar-refractivity contribution in [3.63, 3.8) is 0 Å². The lowest BCUT2D eigenvalue weighted by Crippen LogP contribution is -2.05. The number of carboxylic acid groups (broad SMARTS) is 1. The fourth-order valence-electron chi connectivity index (χ4n) is 2.40. The number of carboxylic acids is 1. The van der Waals surface area contributed by atoms with Gasteiger partial charge in [-0.15, -0.1) is 0 Å². The van der Waals surface area contributed by atoms with Crippen LogP contribution in [0.25, 0.3) is 22.1 Å². The van der Waals surface area contributed by atoms with Crippen LogP contribution in [0.5, 0.6) is 5.75 Å². The molecule has 0 bridgehead atoms. The van der Waals surface area contributed by atoms with E-state index in [0.29, 0.717) is 22.1 Å². The molecule has 0 fully saturated rings. The topological polar surface area (TPSA) is 76.7 Å². The molecule has 3 rings (SSSR count). The van der Waals surface area contributed by atoms with Gasteiger partial charge in [-0.1, -0.05) is 30.3 Å². The Kier molecular flexibility index (Phi) is 3.39. The summed E-state index contributed by atoms with van der Waals surface area (Å²) in [7, 11) is 0. The standard InChI is InChI=1S/C17H12O5/c1-10(18)22-14-9-13(17(19)20)15(11-5-3-2-4-6-11)16-12(14)7-8-21-16/h2-9H,1H3,(H,19,20). The molecule has 0 spiro atoms. The maximum Gasteiger partial charge on any atom is 0.336 e. The highest BCUT2D eigenvalue weighted by molar-refractivity contribution is 6.08. The molecule has 0 aliphatic rings. The van der Waals surface area contributed by atoms with Crippen molar-refractivity contribution < 1.29 is 23.8 Å². The van der Waals surface area contributed by atoms with Gasteiger partial charge in [-0.25, -0.2) is 4.79 Å². The minimum Gasteiger partial charge on any atom is -0.478 e. The number of furan rings is 1. The highest BCUT2D eigenvalue weighted by Gasteiger charge is 2.21. The van der Waals surface area contributed by atoms with E-state index >= 15 is 0 Å². The Morgan fingerprint density at radius 2 is 1.86 bits per heavy atom. The summed E-state index contributed by atoms with van der Waals surface area (Å²) in [5.74, 6) is -1.47. The van der Waals surface area contributed by atoms with E-state index in [4.69, 9.17) is 9.15 Å². The first-order valence-corrected chi connectivity index (χ1v) is 6.59. The zero-order chi connectivity index (χ0) is 15.7. The Balaban J connectivity index is 2.36. The number of aromatic carboxylic acids is 1. The first-order valence-electron chi connectivity index (χ1n) is 6.59. The van der Waals surface area contributed by atoms with Crippen LogP contribution >= 0.6 is 0 Å². The molecule has 0 radical (unpaired) electrons. The van der Waals surface area contributed by atoms with Gasteiger partial charge in [0.25, 0.3) is 0 Å². The van der Waals surface area contributed by atoms with Crippen LogP contribution in [0.1, 0.15) is 17.3 Å². The summed E-state index contributed by atoms with van der Waals surface area (Å²) >= 11 is 0. The predicted octanol–water partition coefficient (Wildman–Crippen LogP) is 3.72. The number of ether oxygens (including phenoxy) is 1. The van der Waals surface area contributed by atoms with E-state index in [0.717, 1.165) is 0 Å². The molecule has 2 aromatic carbocycles. The lowest BCUT2D eigenvalue weighted by atomic mass is 9.97. The van der Waals surface area contributed by atoms with E-state index in [1.807, 2.05) is 18.2 Å². The smallest absolute Gasteiger partial charge is 0.336 e. The minimum atomic E-state index is -1.12. The van der Waals surface area contributed by atoms with Crippen molar-refractivity contribution in [2.75, 3.05) is 0 Å². The second kappa shape index (κ2) is 5.37. The molecule has 0 unspecified atom stereocenters. The Hall–Kier alpha value is -3.08. The third-order valence-corrected chi connectivity index (χ3v) is 3.25. The van der Waals surface area contributed by atoms with Crippen LogP contribution in [-0.4, -0.2) is 17.0 Å². The number of carbonyl (C=O) groups is 2. The molecule has 0 saturated heterocycles. The first kappa shape index (κ1) is 13.9. The summed E-state index contributed by atoms with van der Waals surface area (Å²) < 4.78 is 10.6. The van der Waals surface area contributed by atoms with Crippen LogP contribution in [0.2, 0.25) is 0 Å². The molecule has 1 aromatic heterocycles. The van der Waals surface area contributed by atoms with Gasteiger partial charge >= 0.3 is 11.9 Å². The maximum atomic E-state index is 11.6. The highest BCUT2D eigenvalue weighted by atomic mass is 16.5. The van der Waals surface area contributed by atoms with Crippen molar-refractivity contribution in [1.82, 2.24) is 0 Å². The third kappa shape index (κ3) is 2.33. The van der Waals surface area contributed by atoms with Gasteiger partial charge in [-0.05, 0) is 17.7 Å². The van der Waals surface area contributed by atoms with Crippen molar-refractivity contribution in [1.29, 1.82) is 0 Å². The molecule has 5 nitrogen and oxygen atoms in total. The van der Waals surface area contributed by atoms with Gasteiger partial charge in [0, 0.05) is 12.5 Å². The lowest BCUT2D eigenvalue weighted by Gasteiger charge is -2.11. The van der Waals surface area contributed by atoms with Gasteiger partial charge in [0.05, 0.1) is 17.2 Å². The maximum absolute atomic E-state index is 11.6. The molecule has 0 saturated carbocycles. The molecule has 0 amide bonds. The van der Waals surface area contributed by atoms with Crippen LogP contribution in [0.15, 0.2) is 53.1 Å². The molecule has 1 N–H and O–H groups in total. The summed E-state index contributed by atoms with van der Waals surface area (Å²) in [6, 6.07) is 12.1. The Labute approximate surface area is 125 Å². The number of hydrogen-bond acceptors (Lipinski definition) is 4. The fraction of sp³-hybridized carbons (Fsp3) is 0.0588. The lowest BCUT2D eigenvalue weighted by molar-refractivity contribution is -0.131. The van der Waals surface area contributed by atoms with Crippen molar-refractivity contribution in [3.8, 4) is 16.9 Å². The van der Waals surface area contributed by atoms with E-state index in [1.165, 1.54) is 19.3 Å². The second-order valence-corrected chi connectivity index (χ2v) is 4.73. The second-order valence-electron chi connectivity index (χ2n) is 4.73. The molecule has 0 atom stereocenters. The van der Waals surface area contributed by atoms with Gasteiger partial charge in [-0.3, -0.25) is 4.79 Å². The summed E-state index contributed by atoms with van der Waals surface area (Å²) in [4.78, 5) is 22.8. The summed E-state index contributed by atoms with van der Waals surface area (Å²) in [5, 5.41) is 10.1. The zero-order valence-electron chi connectivity index (χ0n) is 11.7. The molecule has 110 valence electrons. The Morgan fingerprint density at radius 1 is 1.14 bits per heavy atom. The van der Waals surface area contributed by atoms with Crippen LogP contribution < -0.4 is 4.74 Å². The third-order valence-electron chi connectivity index (χ3n) is 3.25. The van der Waals surface area contributed by atoms with Crippen LogP contribution in [0, 0.1) is 0 Å². The number of carbonyl (C=O) groups excluding carboxylic acids is 1. The normalized spacial score (nSPS) is 10.6. The van der Waals surface area contributed by atoms with Gasteiger partial charge in [0.1, 0.15) is 11.3 Å². The van der Waals surface area contributed by atoms with E-state index in [1.54, 1.807) is 18.2 Å². The SMILES string of the molecule is CC(=O)Oc1cc(C(=O)O)c(-c2ccccc2)c2occc12. The molecule has 0 aliphatic carbocycles. The van der Waals surface area contributed by atoms with Crippen molar-refractivity contribution in [3.05, 3.63) is 54.3 Å². The van der Waals surface area contributed by atoms with E-state index in [-0.39, 0.29) is 11.3 Å². The van der Waals surface area contributed by atoms with Gasteiger partial charge in [0.2, 0.25) is 0 Å². The van der Waals surface area contributed by atoms with Gasteiger partial charge in [-0.2, -0.15) is 0 Å². The van der Waals surface area contributed by atoms with Crippen LogP contribution in [0.3, 0.4) is 0 Å². The highest BCUT2D eigenvalue weighted by Crippen LogP contribution is 2.38. The average molecular weight is 296 g/mol. The largest absolute Gasteiger partial charge is 0.478 e. The summed E-state index contributed by atoms with van der Waals surface area (Å²) in [5.41, 5.74) is 1.57. The Morgan fingerprint density at radius 3 is 2.50 bits per heavy atom. The van der Waals surface area contributed by atoms with Gasteiger partial charge < -0.3 is 14.3 Å². The fourth-order valence-corrected chi connectivity index (χ4v) is 2.40. The molecule has 22 heavy (non-hydrogen) atoms. The predicted molar refractivity (Wildman–Crippen MR) is 79.9 cm³/mol. The number of benzene rings is 2. The average Bonchev–Trinajstić information content (AvgIpc) is 2.96. The van der Waals surface area contributed by atoms with Gasteiger partial charge in [0.15, 0.2) is 0 Å². The molecule has 1 heterocycles. The molecule has 5 heteroatoms. The zero-order valence-corrected chi connectivity index (χ0v) is 11.7. The molecule has 0 aliphatic heterocycles. The summed E-state index contributed by atoms with van der Waals surface area (Å²) in [6.45, 7) is 1.26.